The van der Waals surface area contributed by atoms with E-state index in [4.69, 9.17) is 0 Å². The normalized spacial score (nSPS) is 11.2. The van der Waals surface area contributed by atoms with Crippen LogP contribution in [0.15, 0.2) is 60.3 Å². The number of hydrogen-bond donors (Lipinski definition) is 1. The van der Waals surface area contributed by atoms with Crippen LogP contribution in [-0.4, -0.2) is 5.78 Å². The van der Waals surface area contributed by atoms with Crippen LogP contribution in [0.5, 0.6) is 0 Å². The second-order valence-electron chi connectivity index (χ2n) is 4.30. The molecule has 102 valence electrons. The maximum Gasteiger partial charge on any atom is 0.187 e. The molecule has 0 unspecified atom stereocenters. The van der Waals surface area contributed by atoms with Gasteiger partial charge in [-0.15, -0.1) is 0 Å². The van der Waals surface area contributed by atoms with Crippen LogP contribution < -0.4 is 5.32 Å². The Morgan fingerprint density at radius 1 is 1.05 bits per heavy atom. The van der Waals surface area contributed by atoms with Crippen molar-refractivity contribution in [2.45, 2.75) is 6.92 Å². The van der Waals surface area contributed by atoms with Crippen molar-refractivity contribution < 1.29 is 13.6 Å². The fraction of sp³-hybridized carbons (Fsp3) is 0.0625. The minimum Gasteiger partial charge on any atom is -0.357 e. The van der Waals surface area contributed by atoms with Crippen LogP contribution in [0.1, 0.15) is 17.3 Å². The molecule has 0 fully saturated rings. The van der Waals surface area contributed by atoms with Crippen LogP contribution in [0, 0.1) is 11.6 Å². The average Bonchev–Trinajstić information content (AvgIpc) is 2.42. The number of rotatable bonds is 4. The first-order valence-electron chi connectivity index (χ1n) is 6.06. The molecule has 2 nitrogen and oxygen atoms in total. The third kappa shape index (κ3) is 3.51. The van der Waals surface area contributed by atoms with Gasteiger partial charge >= 0.3 is 0 Å². The van der Waals surface area contributed by atoms with Gasteiger partial charge in [-0.05, 0) is 43.3 Å². The fourth-order valence-electron chi connectivity index (χ4n) is 1.71. The lowest BCUT2D eigenvalue weighted by Crippen LogP contribution is -2.02. The van der Waals surface area contributed by atoms with E-state index < -0.39 is 11.6 Å². The average molecular weight is 273 g/mol. The third-order valence-corrected chi connectivity index (χ3v) is 2.68. The first kappa shape index (κ1) is 13.9. The van der Waals surface area contributed by atoms with E-state index in [0.717, 1.165) is 0 Å². The lowest BCUT2D eigenvalue weighted by Gasteiger charge is -2.07. The molecule has 2 aromatic carbocycles. The van der Waals surface area contributed by atoms with Crippen molar-refractivity contribution in [2.75, 3.05) is 5.32 Å². The van der Waals surface area contributed by atoms with Crippen molar-refractivity contribution in [3.8, 4) is 0 Å². The number of anilines is 1. The minimum absolute atomic E-state index is 0.272. The van der Waals surface area contributed by atoms with E-state index in [9.17, 15) is 13.6 Å². The molecule has 0 aliphatic heterocycles. The summed E-state index contributed by atoms with van der Waals surface area (Å²) in [5.74, 6) is -1.06. The summed E-state index contributed by atoms with van der Waals surface area (Å²) in [6.07, 6.45) is 1.35. The van der Waals surface area contributed by atoms with E-state index in [1.807, 2.05) is 0 Å². The number of benzene rings is 2. The zero-order valence-electron chi connectivity index (χ0n) is 10.9. The van der Waals surface area contributed by atoms with E-state index in [1.165, 1.54) is 36.4 Å². The summed E-state index contributed by atoms with van der Waals surface area (Å²) in [5, 5.41) is 2.81. The maximum atomic E-state index is 13.4. The van der Waals surface area contributed by atoms with Crippen molar-refractivity contribution in [1.82, 2.24) is 0 Å². The van der Waals surface area contributed by atoms with Gasteiger partial charge in [0.05, 0.1) is 5.69 Å². The summed E-state index contributed by atoms with van der Waals surface area (Å²) in [4.78, 5) is 11.9. The third-order valence-electron chi connectivity index (χ3n) is 2.68. The Morgan fingerprint density at radius 2 is 1.70 bits per heavy atom. The van der Waals surface area contributed by atoms with Crippen LogP contribution in [0.4, 0.5) is 14.5 Å². The highest BCUT2D eigenvalue weighted by atomic mass is 19.1. The van der Waals surface area contributed by atoms with E-state index in [2.05, 4.69) is 5.32 Å². The number of allylic oxidation sites excluding steroid dienone is 2. The molecule has 0 saturated heterocycles. The van der Waals surface area contributed by atoms with Crippen molar-refractivity contribution in [3.63, 3.8) is 0 Å². The Balaban J connectivity index is 2.12. The summed E-state index contributed by atoms with van der Waals surface area (Å²) in [6.45, 7) is 1.66. The lowest BCUT2D eigenvalue weighted by atomic mass is 10.1. The van der Waals surface area contributed by atoms with Gasteiger partial charge in [-0.3, -0.25) is 4.79 Å². The van der Waals surface area contributed by atoms with Crippen molar-refractivity contribution in [1.29, 1.82) is 0 Å². The van der Waals surface area contributed by atoms with Crippen LogP contribution in [-0.2, 0) is 0 Å². The Kier molecular flexibility index (Phi) is 4.25. The molecule has 0 saturated carbocycles. The summed E-state index contributed by atoms with van der Waals surface area (Å²) in [7, 11) is 0. The van der Waals surface area contributed by atoms with Crippen LogP contribution in [0.2, 0.25) is 0 Å². The summed E-state index contributed by atoms with van der Waals surface area (Å²) >= 11 is 0. The number of nitrogens with one attached hydrogen (secondary N) is 1. The summed E-state index contributed by atoms with van der Waals surface area (Å²) in [6, 6.07) is 11.5. The van der Waals surface area contributed by atoms with Gasteiger partial charge in [0.2, 0.25) is 0 Å². The van der Waals surface area contributed by atoms with Gasteiger partial charge in [0.25, 0.3) is 0 Å². The zero-order valence-corrected chi connectivity index (χ0v) is 10.9. The SMILES string of the molecule is CC(=CC(=O)c1ccc(F)cc1)Nc1ccccc1F. The second kappa shape index (κ2) is 6.10. The predicted molar refractivity (Wildman–Crippen MR) is 74.5 cm³/mol. The number of carbonyl (C=O) groups is 1. The lowest BCUT2D eigenvalue weighted by molar-refractivity contribution is 0.104. The second-order valence-corrected chi connectivity index (χ2v) is 4.30. The summed E-state index contributed by atoms with van der Waals surface area (Å²) < 4.78 is 26.2. The number of carbonyl (C=O) groups excluding carboxylic acids is 1. The Morgan fingerprint density at radius 3 is 2.35 bits per heavy atom. The molecule has 0 heterocycles. The molecule has 0 radical (unpaired) electrons. The molecule has 1 N–H and O–H groups in total. The van der Waals surface area contributed by atoms with E-state index in [-0.39, 0.29) is 5.78 Å². The Labute approximate surface area is 115 Å². The fourth-order valence-corrected chi connectivity index (χ4v) is 1.71. The van der Waals surface area contributed by atoms with Crippen LogP contribution in [0.25, 0.3) is 0 Å². The van der Waals surface area contributed by atoms with E-state index >= 15 is 0 Å². The maximum absolute atomic E-state index is 13.4. The predicted octanol–water partition coefficient (Wildman–Crippen LogP) is 4.16. The minimum atomic E-state index is -0.397. The highest BCUT2D eigenvalue weighted by Crippen LogP contribution is 2.15. The van der Waals surface area contributed by atoms with Gasteiger partial charge in [0.1, 0.15) is 11.6 Å². The quantitative estimate of drug-likeness (QED) is 0.669. The molecule has 0 spiro atoms. The van der Waals surface area contributed by atoms with Crippen LogP contribution >= 0.6 is 0 Å². The Bertz CT molecular complexity index is 648. The largest absolute Gasteiger partial charge is 0.357 e. The molecular weight excluding hydrogens is 260 g/mol. The van der Waals surface area contributed by atoms with Gasteiger partial charge in [-0.2, -0.15) is 0 Å². The number of hydrogen-bond acceptors (Lipinski definition) is 2. The van der Waals surface area contributed by atoms with Gasteiger partial charge in [-0.1, -0.05) is 12.1 Å². The summed E-state index contributed by atoms with van der Waals surface area (Å²) in [5.41, 5.74) is 1.18. The van der Waals surface area contributed by atoms with Crippen molar-refractivity contribution in [3.05, 3.63) is 77.5 Å². The van der Waals surface area contributed by atoms with Crippen molar-refractivity contribution >= 4 is 11.5 Å². The highest BCUT2D eigenvalue weighted by Gasteiger charge is 2.05. The van der Waals surface area contributed by atoms with Gasteiger partial charge in [0.15, 0.2) is 5.78 Å². The smallest absolute Gasteiger partial charge is 0.187 e. The number of ketones is 1. The molecule has 2 aromatic rings. The van der Waals surface area contributed by atoms with Crippen LogP contribution in [0.3, 0.4) is 0 Å². The number of para-hydroxylation sites is 1. The van der Waals surface area contributed by atoms with Gasteiger partial charge in [0, 0.05) is 17.3 Å². The van der Waals surface area contributed by atoms with Gasteiger partial charge < -0.3 is 5.32 Å². The molecule has 0 aliphatic rings. The standard InChI is InChI=1S/C16H13F2NO/c1-11(19-15-5-3-2-4-14(15)18)10-16(20)12-6-8-13(17)9-7-12/h2-10,19H,1H3. The molecular formula is C16H13F2NO. The molecule has 2 rings (SSSR count). The molecule has 0 aromatic heterocycles. The first-order chi connectivity index (χ1) is 9.56. The topological polar surface area (TPSA) is 29.1 Å². The molecule has 0 amide bonds. The van der Waals surface area contributed by atoms with Gasteiger partial charge in [-0.25, -0.2) is 8.78 Å². The Hall–Kier alpha value is -2.49. The molecule has 0 atom stereocenters. The van der Waals surface area contributed by atoms with Crippen molar-refractivity contribution in [2.24, 2.45) is 0 Å². The zero-order chi connectivity index (χ0) is 14.5. The molecule has 20 heavy (non-hydrogen) atoms. The highest BCUT2D eigenvalue weighted by molar-refractivity contribution is 6.05. The molecule has 0 bridgehead atoms. The monoisotopic (exact) mass is 273 g/mol. The van der Waals surface area contributed by atoms with E-state index in [1.54, 1.807) is 25.1 Å². The van der Waals surface area contributed by atoms with E-state index in [0.29, 0.717) is 16.9 Å². The first-order valence-corrected chi connectivity index (χ1v) is 6.06. The molecule has 0 aliphatic carbocycles. The molecule has 4 heteroatoms. The number of halogens is 2.